The van der Waals surface area contributed by atoms with E-state index >= 15 is 0 Å². The molecule has 7 heteroatoms. The lowest BCUT2D eigenvalue weighted by Gasteiger charge is -2.39. The van der Waals surface area contributed by atoms with Crippen LogP contribution in [0.25, 0.3) is 0 Å². The molecule has 1 saturated carbocycles. The van der Waals surface area contributed by atoms with Crippen LogP contribution < -0.4 is 10.2 Å². The Kier molecular flexibility index (Phi) is 5.74. The van der Waals surface area contributed by atoms with Crippen molar-refractivity contribution in [1.82, 2.24) is 15.1 Å². The van der Waals surface area contributed by atoms with Gasteiger partial charge in [-0.2, -0.15) is 0 Å². The van der Waals surface area contributed by atoms with Gasteiger partial charge in [-0.1, -0.05) is 0 Å². The van der Waals surface area contributed by atoms with Gasteiger partial charge in [0.15, 0.2) is 5.78 Å². The van der Waals surface area contributed by atoms with Crippen LogP contribution in [-0.4, -0.2) is 72.8 Å². The number of carbonyl (C=O) groups is 3. The Morgan fingerprint density at radius 3 is 2.21 bits per heavy atom. The summed E-state index contributed by atoms with van der Waals surface area (Å²) in [5, 5.41) is 3.03. The molecular formula is C22H30N4O3. The molecule has 0 bridgehead atoms. The zero-order valence-corrected chi connectivity index (χ0v) is 17.1. The molecular weight excluding hydrogens is 368 g/mol. The first-order valence-electron chi connectivity index (χ1n) is 10.7. The van der Waals surface area contributed by atoms with Gasteiger partial charge in [0.1, 0.15) is 0 Å². The maximum atomic E-state index is 13.0. The van der Waals surface area contributed by atoms with E-state index < -0.39 is 0 Å². The molecule has 29 heavy (non-hydrogen) atoms. The Labute approximate surface area is 172 Å². The van der Waals surface area contributed by atoms with E-state index in [1.807, 2.05) is 34.1 Å². The fourth-order valence-corrected chi connectivity index (χ4v) is 4.21. The Balaban J connectivity index is 1.29. The standard InChI is InChI=1S/C22H30N4O3/c1-16(27)17-4-8-20(9-5-17)24-11-13-25(14-12-24)21(28)18-3-2-10-26(15-18)22(29)23-19-6-7-19/h4-5,8-9,18-19H,2-3,6-7,10-15H2,1H3,(H,23,29). The van der Waals surface area contributed by atoms with Crippen LogP contribution in [0.4, 0.5) is 10.5 Å². The van der Waals surface area contributed by atoms with Gasteiger partial charge in [0, 0.05) is 56.6 Å². The summed E-state index contributed by atoms with van der Waals surface area (Å²) < 4.78 is 0. The third-order valence-corrected chi connectivity index (χ3v) is 6.19. The van der Waals surface area contributed by atoms with Gasteiger partial charge in [0.2, 0.25) is 5.91 Å². The molecule has 2 heterocycles. The lowest BCUT2D eigenvalue weighted by molar-refractivity contribution is -0.137. The van der Waals surface area contributed by atoms with Crippen molar-refractivity contribution in [2.45, 2.75) is 38.6 Å². The minimum absolute atomic E-state index is 0.0103. The molecule has 1 unspecified atom stereocenters. The average molecular weight is 399 g/mol. The molecule has 1 aliphatic carbocycles. The number of ketones is 1. The SMILES string of the molecule is CC(=O)c1ccc(N2CCN(C(=O)C3CCCN(C(=O)NC4CC4)C3)CC2)cc1. The van der Waals surface area contributed by atoms with Gasteiger partial charge in [0.25, 0.3) is 0 Å². The highest BCUT2D eigenvalue weighted by Crippen LogP contribution is 2.23. The number of likely N-dealkylation sites (tertiary alicyclic amines) is 1. The number of piperidine rings is 1. The van der Waals surface area contributed by atoms with E-state index in [4.69, 9.17) is 0 Å². The number of urea groups is 1. The summed E-state index contributed by atoms with van der Waals surface area (Å²) in [4.78, 5) is 42.8. The fraction of sp³-hybridized carbons (Fsp3) is 0.591. The molecule has 7 nitrogen and oxygen atoms in total. The van der Waals surface area contributed by atoms with Crippen LogP contribution >= 0.6 is 0 Å². The number of hydrogen-bond donors (Lipinski definition) is 1. The van der Waals surface area contributed by atoms with Crippen LogP contribution in [0.1, 0.15) is 43.0 Å². The van der Waals surface area contributed by atoms with E-state index in [1.165, 1.54) is 0 Å². The zero-order chi connectivity index (χ0) is 20.4. The molecule has 0 aromatic heterocycles. The normalized spacial score (nSPS) is 22.4. The van der Waals surface area contributed by atoms with E-state index in [9.17, 15) is 14.4 Å². The minimum Gasteiger partial charge on any atom is -0.368 e. The number of rotatable bonds is 4. The van der Waals surface area contributed by atoms with E-state index in [0.29, 0.717) is 25.7 Å². The zero-order valence-electron chi connectivity index (χ0n) is 17.1. The average Bonchev–Trinajstić information content (AvgIpc) is 3.57. The van der Waals surface area contributed by atoms with Gasteiger partial charge in [-0.3, -0.25) is 9.59 Å². The molecule has 0 spiro atoms. The van der Waals surface area contributed by atoms with Crippen molar-refractivity contribution in [3.63, 3.8) is 0 Å². The van der Waals surface area contributed by atoms with Gasteiger partial charge < -0.3 is 20.0 Å². The van der Waals surface area contributed by atoms with Crippen molar-refractivity contribution >= 4 is 23.4 Å². The second-order valence-electron chi connectivity index (χ2n) is 8.42. The maximum Gasteiger partial charge on any atom is 0.317 e. The summed E-state index contributed by atoms with van der Waals surface area (Å²) in [6, 6.07) is 8.01. The van der Waals surface area contributed by atoms with Crippen molar-refractivity contribution in [2.75, 3.05) is 44.2 Å². The Hall–Kier alpha value is -2.57. The summed E-state index contributed by atoms with van der Waals surface area (Å²) >= 11 is 0. The van der Waals surface area contributed by atoms with Gasteiger partial charge in [0.05, 0.1) is 5.92 Å². The molecule has 2 aliphatic heterocycles. The van der Waals surface area contributed by atoms with Crippen LogP contribution in [0.5, 0.6) is 0 Å². The molecule has 1 aromatic rings. The Bertz CT molecular complexity index is 767. The highest BCUT2D eigenvalue weighted by molar-refractivity contribution is 5.94. The number of anilines is 1. The van der Waals surface area contributed by atoms with Gasteiger partial charge >= 0.3 is 6.03 Å². The predicted octanol–water partition coefficient (Wildman–Crippen LogP) is 2.12. The maximum absolute atomic E-state index is 13.0. The number of nitrogens with zero attached hydrogens (tertiary/aromatic N) is 3. The van der Waals surface area contributed by atoms with Crippen LogP contribution in [0.2, 0.25) is 0 Å². The van der Waals surface area contributed by atoms with E-state index in [2.05, 4.69) is 10.2 Å². The van der Waals surface area contributed by atoms with Crippen molar-refractivity contribution in [3.8, 4) is 0 Å². The first-order chi connectivity index (χ1) is 14.0. The third kappa shape index (κ3) is 4.71. The highest BCUT2D eigenvalue weighted by atomic mass is 16.2. The second kappa shape index (κ2) is 8.43. The predicted molar refractivity (Wildman–Crippen MR) is 111 cm³/mol. The first kappa shape index (κ1) is 19.7. The van der Waals surface area contributed by atoms with E-state index in [0.717, 1.165) is 56.6 Å². The van der Waals surface area contributed by atoms with Crippen molar-refractivity contribution in [2.24, 2.45) is 5.92 Å². The van der Waals surface area contributed by atoms with Gasteiger partial charge in [-0.25, -0.2) is 4.79 Å². The summed E-state index contributed by atoms with van der Waals surface area (Å²) in [6.07, 6.45) is 3.89. The topological polar surface area (TPSA) is 73.0 Å². The molecule has 0 radical (unpaired) electrons. The van der Waals surface area contributed by atoms with Crippen molar-refractivity contribution < 1.29 is 14.4 Å². The summed E-state index contributed by atoms with van der Waals surface area (Å²) in [7, 11) is 0. The number of benzene rings is 1. The molecule has 1 N–H and O–H groups in total. The summed E-state index contributed by atoms with van der Waals surface area (Å²) in [6.45, 7) is 5.79. The molecule has 156 valence electrons. The third-order valence-electron chi connectivity index (χ3n) is 6.19. The molecule has 3 fully saturated rings. The number of piperazine rings is 1. The van der Waals surface area contributed by atoms with E-state index in [-0.39, 0.29) is 23.6 Å². The largest absolute Gasteiger partial charge is 0.368 e. The minimum atomic E-state index is -0.0879. The number of nitrogens with one attached hydrogen (secondary N) is 1. The fourth-order valence-electron chi connectivity index (χ4n) is 4.21. The molecule has 1 atom stereocenters. The second-order valence-corrected chi connectivity index (χ2v) is 8.42. The van der Waals surface area contributed by atoms with Gasteiger partial charge in [-0.15, -0.1) is 0 Å². The quantitative estimate of drug-likeness (QED) is 0.789. The van der Waals surface area contributed by atoms with Crippen LogP contribution in [0, 0.1) is 5.92 Å². The first-order valence-corrected chi connectivity index (χ1v) is 10.7. The molecule has 1 aromatic carbocycles. The number of amides is 3. The highest BCUT2D eigenvalue weighted by Gasteiger charge is 2.34. The summed E-state index contributed by atoms with van der Waals surface area (Å²) in [5.41, 5.74) is 1.80. The smallest absolute Gasteiger partial charge is 0.317 e. The van der Waals surface area contributed by atoms with Crippen molar-refractivity contribution in [3.05, 3.63) is 29.8 Å². The Morgan fingerprint density at radius 1 is 0.897 bits per heavy atom. The van der Waals surface area contributed by atoms with Crippen LogP contribution in [0.15, 0.2) is 24.3 Å². The molecule has 3 amide bonds. The van der Waals surface area contributed by atoms with Crippen molar-refractivity contribution in [1.29, 1.82) is 0 Å². The molecule has 4 rings (SSSR count). The van der Waals surface area contributed by atoms with Crippen LogP contribution in [-0.2, 0) is 4.79 Å². The lowest BCUT2D eigenvalue weighted by Crippen LogP contribution is -2.54. The number of hydrogen-bond acceptors (Lipinski definition) is 4. The molecule has 2 saturated heterocycles. The Morgan fingerprint density at radius 2 is 1.59 bits per heavy atom. The number of carbonyl (C=O) groups excluding carboxylic acids is 3. The lowest BCUT2D eigenvalue weighted by atomic mass is 9.96. The van der Waals surface area contributed by atoms with E-state index in [1.54, 1.807) is 6.92 Å². The van der Waals surface area contributed by atoms with Gasteiger partial charge in [-0.05, 0) is 56.9 Å². The molecule has 3 aliphatic rings. The number of Topliss-reactive ketones (excluding diaryl/α,β-unsaturated/α-hetero) is 1. The summed E-state index contributed by atoms with van der Waals surface area (Å²) in [5.74, 6) is 0.162. The van der Waals surface area contributed by atoms with Crippen LogP contribution in [0.3, 0.4) is 0 Å². The monoisotopic (exact) mass is 398 g/mol.